The molecule has 116 valence electrons. The van der Waals surface area contributed by atoms with Crippen molar-refractivity contribution >= 4 is 33.6 Å². The molecule has 1 heterocycles. The van der Waals surface area contributed by atoms with Crippen molar-refractivity contribution < 1.29 is 13.2 Å². The Balaban J connectivity index is 2.00. The Bertz CT molecular complexity index is 835. The van der Waals surface area contributed by atoms with Gasteiger partial charge in [0.1, 0.15) is 6.33 Å². The van der Waals surface area contributed by atoms with E-state index in [-0.39, 0.29) is 18.1 Å². The summed E-state index contributed by atoms with van der Waals surface area (Å²) in [6.07, 6.45) is 1.43. The van der Waals surface area contributed by atoms with Gasteiger partial charge >= 0.3 is 0 Å². The summed E-state index contributed by atoms with van der Waals surface area (Å²) in [5.74, 6) is -0.636. The number of anilines is 1. The van der Waals surface area contributed by atoms with E-state index in [2.05, 4.69) is 22.1 Å². The lowest BCUT2D eigenvalue weighted by molar-refractivity contribution is -0.115. The highest BCUT2D eigenvalue weighted by molar-refractivity contribution is 7.94. The zero-order chi connectivity index (χ0) is 16.2. The van der Waals surface area contributed by atoms with Gasteiger partial charge in [0.2, 0.25) is 5.91 Å². The van der Waals surface area contributed by atoms with Crippen LogP contribution in [-0.2, 0) is 14.6 Å². The van der Waals surface area contributed by atoms with Crippen LogP contribution in [0.4, 0.5) is 5.69 Å². The lowest BCUT2D eigenvalue weighted by Crippen LogP contribution is -2.16. The van der Waals surface area contributed by atoms with Crippen molar-refractivity contribution in [3.8, 4) is 5.69 Å². The first-order valence-electron chi connectivity index (χ1n) is 6.29. The number of carbonyl (C=O) groups excluding carboxylic acids is 1. The highest BCUT2D eigenvalue weighted by Crippen LogP contribution is 2.13. The maximum atomic E-state index is 11.7. The number of rotatable bonds is 6. The van der Waals surface area contributed by atoms with Crippen LogP contribution >= 0.6 is 12.2 Å². The van der Waals surface area contributed by atoms with Gasteiger partial charge in [-0.05, 0) is 36.5 Å². The van der Waals surface area contributed by atoms with E-state index >= 15 is 0 Å². The molecule has 0 aliphatic rings. The van der Waals surface area contributed by atoms with Crippen molar-refractivity contribution in [1.29, 1.82) is 0 Å². The average Bonchev–Trinajstić information content (AvgIpc) is 2.92. The summed E-state index contributed by atoms with van der Waals surface area (Å²) < 4.78 is 24.6. The van der Waals surface area contributed by atoms with Gasteiger partial charge in [-0.3, -0.25) is 14.5 Å². The molecule has 1 aromatic heterocycles. The van der Waals surface area contributed by atoms with Crippen LogP contribution in [0.5, 0.6) is 0 Å². The zero-order valence-electron chi connectivity index (χ0n) is 11.5. The van der Waals surface area contributed by atoms with E-state index in [1.54, 1.807) is 35.2 Å². The molecule has 7 nitrogen and oxygen atoms in total. The number of amides is 1. The fourth-order valence-electron chi connectivity index (χ4n) is 1.68. The first kappa shape index (κ1) is 16.1. The highest BCUT2D eigenvalue weighted by atomic mass is 32.2. The Morgan fingerprint density at radius 1 is 1.41 bits per heavy atom. The highest BCUT2D eigenvalue weighted by Gasteiger charge is 2.10. The lowest BCUT2D eigenvalue weighted by atomic mass is 10.2. The Morgan fingerprint density at radius 2 is 2.09 bits per heavy atom. The van der Waals surface area contributed by atoms with Gasteiger partial charge in [0, 0.05) is 23.2 Å². The fourth-order valence-corrected chi connectivity index (χ4v) is 2.52. The van der Waals surface area contributed by atoms with Crippen LogP contribution in [0, 0.1) is 4.77 Å². The number of carbonyl (C=O) groups is 1. The first-order chi connectivity index (χ1) is 10.4. The number of aromatic nitrogens is 3. The van der Waals surface area contributed by atoms with Crippen molar-refractivity contribution in [1.82, 2.24) is 14.8 Å². The van der Waals surface area contributed by atoms with Gasteiger partial charge in [-0.25, -0.2) is 8.42 Å². The predicted molar refractivity (Wildman–Crippen MR) is 86.0 cm³/mol. The second kappa shape index (κ2) is 6.67. The molecule has 1 aromatic carbocycles. The standard InChI is InChI=1S/C13H14N4O3S2/c1-2-22(19,20)8-7-12(18)15-10-3-5-11(6-4-10)17-9-14-16-13(17)21/h2-6,9H,1,7-8H2,(H,15,18)(H,16,21). The minimum atomic E-state index is -3.37. The summed E-state index contributed by atoms with van der Waals surface area (Å²) in [4.78, 5) is 11.7. The number of nitrogens with zero attached hydrogens (tertiary/aromatic N) is 2. The number of benzene rings is 1. The van der Waals surface area contributed by atoms with Gasteiger partial charge in [-0.2, -0.15) is 5.10 Å². The van der Waals surface area contributed by atoms with Gasteiger partial charge in [0.25, 0.3) is 0 Å². The van der Waals surface area contributed by atoms with Gasteiger partial charge in [0.05, 0.1) is 5.75 Å². The monoisotopic (exact) mass is 338 g/mol. The average molecular weight is 338 g/mol. The van der Waals surface area contributed by atoms with Gasteiger partial charge in [-0.1, -0.05) is 6.58 Å². The summed E-state index contributed by atoms with van der Waals surface area (Å²) in [6.45, 7) is 3.20. The van der Waals surface area contributed by atoms with Crippen molar-refractivity contribution in [2.45, 2.75) is 6.42 Å². The topological polar surface area (TPSA) is 96.8 Å². The third kappa shape index (κ3) is 4.12. The van der Waals surface area contributed by atoms with Crippen molar-refractivity contribution in [3.05, 3.63) is 47.4 Å². The van der Waals surface area contributed by atoms with Gasteiger partial charge < -0.3 is 5.32 Å². The van der Waals surface area contributed by atoms with E-state index < -0.39 is 9.84 Å². The number of hydrogen-bond donors (Lipinski definition) is 2. The van der Waals surface area contributed by atoms with Crippen molar-refractivity contribution in [2.75, 3.05) is 11.1 Å². The van der Waals surface area contributed by atoms with Crippen molar-refractivity contribution in [3.63, 3.8) is 0 Å². The normalized spacial score (nSPS) is 11.1. The molecule has 0 unspecified atom stereocenters. The molecule has 0 aliphatic carbocycles. The largest absolute Gasteiger partial charge is 0.326 e. The number of nitrogens with one attached hydrogen (secondary N) is 2. The van der Waals surface area contributed by atoms with Gasteiger partial charge in [-0.15, -0.1) is 0 Å². The Labute approximate surface area is 132 Å². The third-order valence-corrected chi connectivity index (χ3v) is 4.42. The molecule has 0 saturated heterocycles. The Kier molecular flexibility index (Phi) is 4.88. The molecule has 2 N–H and O–H groups in total. The van der Waals surface area contributed by atoms with E-state index in [1.165, 1.54) is 0 Å². The molecule has 0 aliphatic heterocycles. The molecule has 0 radical (unpaired) electrons. The summed E-state index contributed by atoms with van der Waals surface area (Å²) in [5.41, 5.74) is 1.37. The molecule has 9 heteroatoms. The zero-order valence-corrected chi connectivity index (χ0v) is 13.2. The molecule has 2 aromatic rings. The lowest BCUT2D eigenvalue weighted by Gasteiger charge is -2.06. The molecule has 0 atom stereocenters. The maximum Gasteiger partial charge on any atom is 0.225 e. The van der Waals surface area contributed by atoms with Crippen LogP contribution in [0.2, 0.25) is 0 Å². The van der Waals surface area contributed by atoms with E-state index in [1.807, 2.05) is 0 Å². The number of aromatic amines is 1. The van der Waals surface area contributed by atoms with E-state index in [9.17, 15) is 13.2 Å². The number of sulfone groups is 1. The van der Waals surface area contributed by atoms with E-state index in [0.29, 0.717) is 10.5 Å². The quantitative estimate of drug-likeness (QED) is 0.783. The van der Waals surface area contributed by atoms with E-state index in [4.69, 9.17) is 12.2 Å². The summed E-state index contributed by atoms with van der Waals surface area (Å²) in [7, 11) is -3.37. The molecule has 0 fully saturated rings. The first-order valence-corrected chi connectivity index (χ1v) is 8.41. The molecule has 1 amide bonds. The van der Waals surface area contributed by atoms with E-state index in [0.717, 1.165) is 11.1 Å². The Morgan fingerprint density at radius 3 is 2.64 bits per heavy atom. The molecular formula is C13H14N4O3S2. The van der Waals surface area contributed by atoms with Gasteiger partial charge in [0.15, 0.2) is 14.6 Å². The molecular weight excluding hydrogens is 324 g/mol. The van der Waals surface area contributed by atoms with Crippen LogP contribution in [0.3, 0.4) is 0 Å². The van der Waals surface area contributed by atoms with Crippen LogP contribution in [0.15, 0.2) is 42.6 Å². The van der Waals surface area contributed by atoms with Crippen LogP contribution in [0.25, 0.3) is 5.69 Å². The maximum absolute atomic E-state index is 11.7. The van der Waals surface area contributed by atoms with Crippen LogP contribution in [0.1, 0.15) is 6.42 Å². The molecule has 0 bridgehead atoms. The molecule has 22 heavy (non-hydrogen) atoms. The summed E-state index contributed by atoms with van der Waals surface area (Å²) >= 11 is 5.06. The number of H-pyrrole nitrogens is 1. The minimum absolute atomic E-state index is 0.122. The molecule has 0 saturated carbocycles. The van der Waals surface area contributed by atoms with Crippen LogP contribution < -0.4 is 5.32 Å². The second-order valence-corrected chi connectivity index (χ2v) is 6.86. The van der Waals surface area contributed by atoms with Crippen LogP contribution in [-0.4, -0.2) is 34.8 Å². The smallest absolute Gasteiger partial charge is 0.225 e. The SMILES string of the molecule is C=CS(=O)(=O)CCC(=O)Nc1ccc(-n2cn[nH]c2=S)cc1. The molecule has 2 rings (SSSR count). The minimum Gasteiger partial charge on any atom is -0.326 e. The predicted octanol–water partition coefficient (Wildman–Crippen LogP) is 1.82. The van der Waals surface area contributed by atoms with Crippen molar-refractivity contribution in [2.24, 2.45) is 0 Å². The third-order valence-electron chi connectivity index (χ3n) is 2.85. The Hall–Kier alpha value is -2.26. The fraction of sp³-hybridized carbons (Fsp3) is 0.154. The second-order valence-electron chi connectivity index (χ2n) is 4.41. The summed E-state index contributed by atoms with van der Waals surface area (Å²) in [6, 6.07) is 6.93. The molecule has 0 spiro atoms. The summed E-state index contributed by atoms with van der Waals surface area (Å²) in [5, 5.41) is 9.95. The number of hydrogen-bond acceptors (Lipinski definition) is 5.